The van der Waals surface area contributed by atoms with Crippen molar-refractivity contribution in [1.82, 2.24) is 9.97 Å². The number of urea groups is 1. The predicted octanol–water partition coefficient (Wildman–Crippen LogP) is 5.00. The summed E-state index contributed by atoms with van der Waals surface area (Å²) >= 11 is 0. The summed E-state index contributed by atoms with van der Waals surface area (Å²) < 4.78 is 40.5. The number of benzene rings is 1. The maximum Gasteiger partial charge on any atom is 0.418 e. The molecule has 3 N–H and O–H groups in total. The molecule has 2 aliphatic carbocycles. The van der Waals surface area contributed by atoms with Crippen LogP contribution in [0.1, 0.15) is 55.3 Å². The fourth-order valence-corrected chi connectivity index (χ4v) is 5.19. The molecule has 1 heterocycles. The first-order chi connectivity index (χ1) is 16.6. The Morgan fingerprint density at radius 2 is 1.77 bits per heavy atom. The van der Waals surface area contributed by atoms with E-state index < -0.39 is 17.8 Å². The Bertz CT molecular complexity index is 1050. The molecule has 10 heteroatoms. The Morgan fingerprint density at radius 1 is 1.09 bits per heavy atom. The Balaban J connectivity index is 1.41. The number of nitrogens with two attached hydrogens (primary N) is 1. The van der Waals surface area contributed by atoms with Gasteiger partial charge in [-0.15, -0.1) is 0 Å². The van der Waals surface area contributed by atoms with Gasteiger partial charge in [-0.3, -0.25) is 4.90 Å². The molecule has 1 fully saturated rings. The number of hydrogen-bond donors (Lipinski definition) is 2. The van der Waals surface area contributed by atoms with Crippen LogP contribution in [0.3, 0.4) is 0 Å². The number of halogens is 3. The lowest BCUT2D eigenvalue weighted by atomic mass is 9.85. The minimum absolute atomic E-state index is 0.0589. The van der Waals surface area contributed by atoms with Gasteiger partial charge in [0.05, 0.1) is 16.9 Å². The van der Waals surface area contributed by atoms with Crippen LogP contribution in [-0.4, -0.2) is 42.7 Å². The average Bonchev–Trinajstić information content (AvgIpc) is 2.82. The number of carbonyl (C=O) groups excluding carboxylic acids is 1. The van der Waals surface area contributed by atoms with Crippen LogP contribution in [0.25, 0.3) is 0 Å². The second-order valence-electron chi connectivity index (χ2n) is 9.72. The van der Waals surface area contributed by atoms with E-state index in [0.29, 0.717) is 5.95 Å². The first-order valence-corrected chi connectivity index (χ1v) is 12.2. The monoisotopic (exact) mass is 490 g/mol. The Kier molecular flexibility index (Phi) is 7.37. The number of primary amides is 1. The summed E-state index contributed by atoms with van der Waals surface area (Å²) in [5.41, 5.74) is 6.82. The molecule has 0 atom stereocenters. The van der Waals surface area contributed by atoms with Crippen molar-refractivity contribution in [2.75, 3.05) is 35.8 Å². The van der Waals surface area contributed by atoms with Crippen molar-refractivity contribution >= 4 is 23.5 Å². The maximum atomic E-state index is 13.5. The smallest absolute Gasteiger partial charge is 0.362 e. The largest absolute Gasteiger partial charge is 0.418 e. The van der Waals surface area contributed by atoms with Crippen molar-refractivity contribution in [1.29, 1.82) is 0 Å². The summed E-state index contributed by atoms with van der Waals surface area (Å²) in [6.07, 6.45) is 2.85. The van der Waals surface area contributed by atoms with E-state index in [2.05, 4.69) is 5.32 Å². The molecule has 0 radical (unpaired) electrons. The summed E-state index contributed by atoms with van der Waals surface area (Å²) in [6, 6.07) is 4.38. The fraction of sp³-hybridized carbons (Fsp3) is 0.560. The topological polar surface area (TPSA) is 87.4 Å². The van der Waals surface area contributed by atoms with Gasteiger partial charge in [0.1, 0.15) is 5.82 Å². The minimum atomic E-state index is -4.56. The highest BCUT2D eigenvalue weighted by Crippen LogP contribution is 2.38. The quantitative estimate of drug-likeness (QED) is 0.595. The standard InChI is InChI=1S/C25H33F3N6O/c1-33(2)22-18-7-3-5-9-20(18)31-24(32-22)30-17-13-11-16(12-14-17)15-34(23(29)35)21-10-6-4-8-19(21)25(26,27)28/h4,6,8,10,16-17H,3,5,7,9,11-15H2,1-2H3,(H2,29,35)(H,30,31,32)/t16-,17+. The molecule has 0 aliphatic heterocycles. The van der Waals surface area contributed by atoms with Crippen molar-refractivity contribution in [3.8, 4) is 0 Å². The molecule has 0 unspecified atom stereocenters. The van der Waals surface area contributed by atoms with Crippen LogP contribution in [0.5, 0.6) is 0 Å². The molecule has 0 saturated heterocycles. The normalized spacial score (nSPS) is 20.1. The van der Waals surface area contributed by atoms with E-state index in [1.54, 1.807) is 0 Å². The number of hydrogen-bond acceptors (Lipinski definition) is 5. The van der Waals surface area contributed by atoms with E-state index in [0.717, 1.165) is 73.8 Å². The number of anilines is 3. The van der Waals surface area contributed by atoms with Gasteiger partial charge in [-0.1, -0.05) is 12.1 Å². The zero-order valence-corrected chi connectivity index (χ0v) is 20.2. The molecule has 190 valence electrons. The number of nitrogens with zero attached hydrogens (tertiary/aromatic N) is 4. The molecule has 7 nitrogen and oxygen atoms in total. The lowest BCUT2D eigenvalue weighted by Gasteiger charge is -2.33. The van der Waals surface area contributed by atoms with E-state index in [4.69, 9.17) is 15.7 Å². The van der Waals surface area contributed by atoms with Gasteiger partial charge in [0, 0.05) is 32.2 Å². The molecular weight excluding hydrogens is 457 g/mol. The first kappa shape index (κ1) is 25.1. The molecule has 1 saturated carbocycles. The number of aromatic nitrogens is 2. The van der Waals surface area contributed by atoms with Gasteiger partial charge >= 0.3 is 12.2 Å². The van der Waals surface area contributed by atoms with Gasteiger partial charge in [0.25, 0.3) is 0 Å². The van der Waals surface area contributed by atoms with Crippen molar-refractivity contribution in [2.24, 2.45) is 11.7 Å². The van der Waals surface area contributed by atoms with Crippen LogP contribution in [0.2, 0.25) is 0 Å². The minimum Gasteiger partial charge on any atom is -0.362 e. The van der Waals surface area contributed by atoms with Crippen molar-refractivity contribution in [3.05, 3.63) is 41.1 Å². The Hall–Kier alpha value is -3.04. The van der Waals surface area contributed by atoms with Crippen LogP contribution < -0.4 is 20.9 Å². The second-order valence-corrected chi connectivity index (χ2v) is 9.72. The van der Waals surface area contributed by atoms with Crippen LogP contribution in [0, 0.1) is 5.92 Å². The lowest BCUT2D eigenvalue weighted by Crippen LogP contribution is -2.42. The zero-order valence-electron chi connectivity index (χ0n) is 20.2. The van der Waals surface area contributed by atoms with Gasteiger partial charge in [0.2, 0.25) is 5.95 Å². The number of carbonyl (C=O) groups is 1. The maximum absolute atomic E-state index is 13.5. The van der Waals surface area contributed by atoms with Crippen LogP contribution in [0.4, 0.5) is 35.4 Å². The van der Waals surface area contributed by atoms with Gasteiger partial charge in [-0.05, 0) is 69.4 Å². The molecular formula is C25H33F3N6O. The van der Waals surface area contributed by atoms with Crippen molar-refractivity contribution in [3.63, 3.8) is 0 Å². The highest BCUT2D eigenvalue weighted by molar-refractivity contribution is 5.91. The number of alkyl halides is 3. The van der Waals surface area contributed by atoms with Crippen LogP contribution in [-0.2, 0) is 19.0 Å². The summed E-state index contributed by atoms with van der Waals surface area (Å²) in [7, 11) is 3.99. The van der Waals surface area contributed by atoms with E-state index in [1.165, 1.54) is 23.8 Å². The molecule has 0 bridgehead atoms. The molecule has 2 amide bonds. The number of para-hydroxylation sites is 1. The number of fused-ring (bicyclic) bond motifs is 1. The van der Waals surface area contributed by atoms with Gasteiger partial charge in [-0.2, -0.15) is 18.2 Å². The average molecular weight is 491 g/mol. The number of nitrogens with one attached hydrogen (secondary N) is 1. The van der Waals surface area contributed by atoms with Crippen LogP contribution >= 0.6 is 0 Å². The second kappa shape index (κ2) is 10.3. The molecule has 0 spiro atoms. The summed E-state index contributed by atoms with van der Waals surface area (Å²) in [4.78, 5) is 24.8. The SMILES string of the molecule is CN(C)c1nc(N[C@H]2CC[C@@H](CN(C(N)=O)c3ccccc3C(F)(F)F)CC2)nc2c1CCCC2. The van der Waals surface area contributed by atoms with E-state index >= 15 is 0 Å². The number of rotatable bonds is 6. The van der Waals surface area contributed by atoms with Gasteiger partial charge in [-0.25, -0.2) is 9.78 Å². The van der Waals surface area contributed by atoms with Crippen molar-refractivity contribution < 1.29 is 18.0 Å². The third kappa shape index (κ3) is 5.79. The highest BCUT2D eigenvalue weighted by Gasteiger charge is 2.36. The summed E-state index contributed by atoms with van der Waals surface area (Å²) in [5, 5.41) is 3.48. The number of amides is 2. The van der Waals surface area contributed by atoms with E-state index in [-0.39, 0.29) is 24.2 Å². The molecule has 2 aliphatic rings. The van der Waals surface area contributed by atoms with Gasteiger partial charge in [0.15, 0.2) is 0 Å². The molecule has 1 aromatic carbocycles. The fourth-order valence-electron chi connectivity index (χ4n) is 5.19. The molecule has 1 aromatic heterocycles. The Labute approximate surface area is 203 Å². The third-order valence-electron chi connectivity index (χ3n) is 6.97. The van der Waals surface area contributed by atoms with E-state index in [9.17, 15) is 18.0 Å². The van der Waals surface area contributed by atoms with Crippen LogP contribution in [0.15, 0.2) is 24.3 Å². The first-order valence-electron chi connectivity index (χ1n) is 12.2. The molecule has 2 aromatic rings. The Morgan fingerprint density at radius 3 is 2.43 bits per heavy atom. The van der Waals surface area contributed by atoms with Crippen molar-refractivity contribution in [2.45, 2.75) is 63.6 Å². The lowest BCUT2D eigenvalue weighted by molar-refractivity contribution is -0.137. The summed E-state index contributed by atoms with van der Waals surface area (Å²) in [5.74, 6) is 1.66. The number of aryl methyl sites for hydroxylation is 1. The predicted molar refractivity (Wildman–Crippen MR) is 131 cm³/mol. The van der Waals surface area contributed by atoms with Gasteiger partial charge < -0.3 is 16.0 Å². The molecule has 35 heavy (non-hydrogen) atoms. The summed E-state index contributed by atoms with van der Waals surface area (Å²) in [6.45, 7) is 0.162. The van der Waals surface area contributed by atoms with E-state index in [1.807, 2.05) is 19.0 Å². The molecule has 4 rings (SSSR count). The highest BCUT2D eigenvalue weighted by atomic mass is 19.4. The zero-order chi connectivity index (χ0) is 25.2. The third-order valence-corrected chi connectivity index (χ3v) is 6.97.